The van der Waals surface area contributed by atoms with Crippen LogP contribution in [-0.2, 0) is 9.59 Å². The zero-order valence-corrected chi connectivity index (χ0v) is 11.5. The van der Waals surface area contributed by atoms with Crippen molar-refractivity contribution in [2.45, 2.75) is 43.7 Å². The van der Waals surface area contributed by atoms with Crippen LogP contribution < -0.4 is 11.1 Å². The molecule has 0 bridgehead atoms. The van der Waals surface area contributed by atoms with Gasteiger partial charge in [0, 0.05) is 5.75 Å². The lowest BCUT2D eigenvalue weighted by Gasteiger charge is -2.31. The van der Waals surface area contributed by atoms with E-state index in [4.69, 9.17) is 10.8 Å². The molecule has 19 heavy (non-hydrogen) atoms. The van der Waals surface area contributed by atoms with Gasteiger partial charge < -0.3 is 16.2 Å². The van der Waals surface area contributed by atoms with E-state index in [1.54, 1.807) is 0 Å². The van der Waals surface area contributed by atoms with Crippen LogP contribution in [0.15, 0.2) is 0 Å². The number of nitrogens with one attached hydrogen (secondary N) is 1. The van der Waals surface area contributed by atoms with E-state index in [1.807, 2.05) is 0 Å². The highest BCUT2D eigenvalue weighted by atomic mass is 32.2. The third-order valence-electron chi connectivity index (χ3n) is 3.15. The number of rotatable bonds is 6. The van der Waals surface area contributed by atoms with E-state index in [9.17, 15) is 14.9 Å². The van der Waals surface area contributed by atoms with Crippen molar-refractivity contribution < 1.29 is 14.7 Å². The van der Waals surface area contributed by atoms with Gasteiger partial charge in [0.1, 0.15) is 11.6 Å². The monoisotopic (exact) mass is 285 g/mol. The summed E-state index contributed by atoms with van der Waals surface area (Å²) in [4.78, 5) is 22.3. The third-order valence-corrected chi connectivity index (χ3v) is 4.21. The normalized spacial score (nSPS) is 19.2. The predicted octanol–water partition coefficient (Wildman–Crippen LogP) is 0.474. The predicted molar refractivity (Wildman–Crippen MR) is 72.5 cm³/mol. The molecule has 0 heterocycles. The summed E-state index contributed by atoms with van der Waals surface area (Å²) >= 11 is 1.17. The molecule has 1 unspecified atom stereocenters. The number of carboxylic acids is 1. The summed E-state index contributed by atoms with van der Waals surface area (Å²) in [5.41, 5.74) is 4.60. The first kappa shape index (κ1) is 15.8. The molecule has 1 amide bonds. The Labute approximate surface area is 116 Å². The fraction of sp³-hybridized carbons (Fsp3) is 0.750. The molecular weight excluding hydrogens is 266 g/mol. The molecule has 0 radical (unpaired) electrons. The SMILES string of the molecule is N#CC1(NC(=O)CSCC(N)C(=O)O)CCCCC1. The Morgan fingerprint density at radius 2 is 2.05 bits per heavy atom. The lowest BCUT2D eigenvalue weighted by Crippen LogP contribution is -2.49. The number of hydrogen-bond acceptors (Lipinski definition) is 5. The van der Waals surface area contributed by atoms with Crippen LogP contribution in [0.5, 0.6) is 0 Å². The van der Waals surface area contributed by atoms with Crippen molar-refractivity contribution in [1.82, 2.24) is 5.32 Å². The van der Waals surface area contributed by atoms with Crippen molar-refractivity contribution in [3.63, 3.8) is 0 Å². The zero-order valence-electron chi connectivity index (χ0n) is 10.7. The maximum Gasteiger partial charge on any atom is 0.321 e. The molecule has 0 aromatic rings. The number of thioether (sulfide) groups is 1. The highest BCUT2D eigenvalue weighted by molar-refractivity contribution is 8.00. The summed E-state index contributed by atoms with van der Waals surface area (Å²) in [5, 5.41) is 20.6. The molecule has 1 aliphatic carbocycles. The number of nitrogens with zero attached hydrogens (tertiary/aromatic N) is 1. The van der Waals surface area contributed by atoms with Gasteiger partial charge in [0.05, 0.1) is 11.8 Å². The second kappa shape index (κ2) is 7.36. The van der Waals surface area contributed by atoms with Crippen LogP contribution in [0.1, 0.15) is 32.1 Å². The molecule has 1 atom stereocenters. The van der Waals surface area contributed by atoms with Gasteiger partial charge in [-0.3, -0.25) is 9.59 Å². The smallest absolute Gasteiger partial charge is 0.321 e. The molecule has 0 aromatic carbocycles. The average Bonchev–Trinajstić information content (AvgIpc) is 2.39. The molecule has 0 spiro atoms. The van der Waals surface area contributed by atoms with Crippen molar-refractivity contribution in [3.8, 4) is 6.07 Å². The second-order valence-corrected chi connectivity index (χ2v) is 5.79. The van der Waals surface area contributed by atoms with Gasteiger partial charge in [-0.15, -0.1) is 11.8 Å². The number of hydrogen-bond donors (Lipinski definition) is 3. The van der Waals surface area contributed by atoms with E-state index >= 15 is 0 Å². The Morgan fingerprint density at radius 3 is 2.58 bits per heavy atom. The summed E-state index contributed by atoms with van der Waals surface area (Å²) in [5.74, 6) is -0.994. The van der Waals surface area contributed by atoms with Gasteiger partial charge in [0.15, 0.2) is 0 Å². The summed E-state index contributed by atoms with van der Waals surface area (Å²) < 4.78 is 0. The Bertz CT molecular complexity index is 375. The Balaban J connectivity index is 2.34. The van der Waals surface area contributed by atoms with E-state index < -0.39 is 17.6 Å². The molecule has 1 saturated carbocycles. The van der Waals surface area contributed by atoms with Crippen LogP contribution in [0.25, 0.3) is 0 Å². The minimum Gasteiger partial charge on any atom is -0.480 e. The molecule has 0 aliphatic heterocycles. The maximum absolute atomic E-state index is 11.8. The van der Waals surface area contributed by atoms with Crippen LogP contribution in [0, 0.1) is 11.3 Å². The molecule has 6 nitrogen and oxygen atoms in total. The van der Waals surface area contributed by atoms with E-state index in [0.29, 0.717) is 12.8 Å². The van der Waals surface area contributed by atoms with E-state index in [1.165, 1.54) is 11.8 Å². The maximum atomic E-state index is 11.8. The van der Waals surface area contributed by atoms with Gasteiger partial charge in [-0.2, -0.15) is 5.26 Å². The van der Waals surface area contributed by atoms with Gasteiger partial charge >= 0.3 is 5.97 Å². The van der Waals surface area contributed by atoms with Crippen LogP contribution >= 0.6 is 11.8 Å². The van der Waals surface area contributed by atoms with Crippen molar-refractivity contribution >= 4 is 23.6 Å². The number of amides is 1. The number of carboxylic acid groups (broad SMARTS) is 1. The summed E-state index contributed by atoms with van der Waals surface area (Å²) in [6.07, 6.45) is 4.38. The van der Waals surface area contributed by atoms with Gasteiger partial charge in [-0.25, -0.2) is 0 Å². The Hall–Kier alpha value is -1.26. The molecule has 1 fully saturated rings. The number of nitrogens with two attached hydrogens (primary N) is 1. The van der Waals surface area contributed by atoms with Gasteiger partial charge in [0.2, 0.25) is 5.91 Å². The summed E-state index contributed by atoms with van der Waals surface area (Å²) in [6, 6.07) is 1.24. The van der Waals surface area contributed by atoms with Crippen molar-refractivity contribution in [2.24, 2.45) is 5.73 Å². The van der Waals surface area contributed by atoms with Crippen LogP contribution in [0.3, 0.4) is 0 Å². The fourth-order valence-electron chi connectivity index (χ4n) is 2.07. The molecule has 1 rings (SSSR count). The number of nitriles is 1. The zero-order chi connectivity index (χ0) is 14.3. The minimum atomic E-state index is -1.08. The lowest BCUT2D eigenvalue weighted by molar-refractivity contribution is -0.138. The highest BCUT2D eigenvalue weighted by Gasteiger charge is 2.33. The van der Waals surface area contributed by atoms with Gasteiger partial charge in [-0.05, 0) is 12.8 Å². The number of carbonyl (C=O) groups excluding carboxylic acids is 1. The second-order valence-electron chi connectivity index (χ2n) is 4.76. The van der Waals surface area contributed by atoms with Crippen molar-refractivity contribution in [1.29, 1.82) is 5.26 Å². The minimum absolute atomic E-state index is 0.129. The quantitative estimate of drug-likeness (QED) is 0.653. The van der Waals surface area contributed by atoms with Crippen LogP contribution in [-0.4, -0.2) is 40.1 Å². The summed E-state index contributed by atoms with van der Waals surface area (Å²) in [6.45, 7) is 0. The molecular formula is C12H19N3O3S. The molecule has 0 saturated heterocycles. The Kier molecular flexibility index (Phi) is 6.12. The fourth-order valence-corrected chi connectivity index (χ4v) is 2.84. The third kappa shape index (κ3) is 5.09. The first-order valence-electron chi connectivity index (χ1n) is 6.27. The molecule has 106 valence electrons. The first-order chi connectivity index (χ1) is 8.99. The lowest BCUT2D eigenvalue weighted by atomic mass is 9.83. The van der Waals surface area contributed by atoms with Crippen LogP contribution in [0.2, 0.25) is 0 Å². The van der Waals surface area contributed by atoms with Gasteiger partial charge in [-0.1, -0.05) is 19.3 Å². The Morgan fingerprint density at radius 1 is 1.42 bits per heavy atom. The largest absolute Gasteiger partial charge is 0.480 e. The number of carbonyl (C=O) groups is 2. The van der Waals surface area contributed by atoms with E-state index in [0.717, 1.165) is 19.3 Å². The topological polar surface area (TPSA) is 116 Å². The van der Waals surface area contributed by atoms with E-state index in [-0.39, 0.29) is 17.4 Å². The standard InChI is InChI=1S/C12H19N3O3S/c13-8-12(4-2-1-3-5-12)15-10(16)7-19-6-9(14)11(17)18/h9H,1-7,14H2,(H,15,16)(H,17,18). The van der Waals surface area contributed by atoms with E-state index in [2.05, 4.69) is 11.4 Å². The highest BCUT2D eigenvalue weighted by Crippen LogP contribution is 2.27. The molecule has 1 aliphatic rings. The molecule has 7 heteroatoms. The van der Waals surface area contributed by atoms with Crippen LogP contribution in [0.4, 0.5) is 0 Å². The van der Waals surface area contributed by atoms with Crippen molar-refractivity contribution in [2.75, 3.05) is 11.5 Å². The first-order valence-corrected chi connectivity index (χ1v) is 7.43. The molecule has 4 N–H and O–H groups in total. The number of aliphatic carboxylic acids is 1. The van der Waals surface area contributed by atoms with Gasteiger partial charge in [0.25, 0.3) is 0 Å². The molecule has 0 aromatic heterocycles. The van der Waals surface area contributed by atoms with Crippen molar-refractivity contribution in [3.05, 3.63) is 0 Å². The average molecular weight is 285 g/mol. The summed E-state index contributed by atoms with van der Waals surface area (Å²) in [7, 11) is 0.